The first kappa shape index (κ1) is 12.0. The zero-order chi connectivity index (χ0) is 11.5. The van der Waals surface area contributed by atoms with Crippen LogP contribution in [0.2, 0.25) is 0 Å². The summed E-state index contributed by atoms with van der Waals surface area (Å²) in [6, 6.07) is 11.1. The number of hydrogen-bond donors (Lipinski definition) is 0. The van der Waals surface area contributed by atoms with E-state index in [1.54, 1.807) is 14.2 Å². The van der Waals surface area contributed by atoms with E-state index in [-0.39, 0.29) is 0 Å². The third-order valence-electron chi connectivity index (χ3n) is 2.75. The first-order valence-corrected chi connectivity index (χ1v) is 17.8. The predicted octanol–water partition coefficient (Wildman–Crippen LogP) is 1.93. The minimum atomic E-state index is 0.515. The average molecular weight is 404 g/mol. The molecule has 1 aromatic carbocycles. The molecule has 1 heterocycles. The van der Waals surface area contributed by atoms with Crippen molar-refractivity contribution in [3.63, 3.8) is 0 Å². The number of hydrogen-bond acceptors (Lipinski definition) is 0. The summed E-state index contributed by atoms with van der Waals surface area (Å²) in [6.07, 6.45) is 10.1. The molecule has 17 heavy (non-hydrogen) atoms. The van der Waals surface area contributed by atoms with E-state index < -0.39 is 0 Å². The molecule has 0 aromatic heterocycles. The van der Waals surface area contributed by atoms with Gasteiger partial charge in [-0.25, -0.2) is 0 Å². The summed E-state index contributed by atoms with van der Waals surface area (Å²) in [5.74, 6) is 0. The third kappa shape index (κ3) is 2.71. The molecule has 1 aromatic rings. The Balaban J connectivity index is 2.03. The van der Waals surface area contributed by atoms with Gasteiger partial charge in [-0.15, -0.1) is 0 Å². The first-order valence-electron chi connectivity index (χ1n) is 5.56. The van der Waals surface area contributed by atoms with E-state index in [1.165, 1.54) is 5.56 Å². The molecule has 3 rings (SSSR count). The zero-order valence-corrected chi connectivity index (χ0v) is 14.9. The van der Waals surface area contributed by atoms with Crippen LogP contribution in [0.5, 0.6) is 0 Å². The van der Waals surface area contributed by atoms with Crippen LogP contribution in [0.15, 0.2) is 64.6 Å². The molecule has 2 aliphatic rings. The molecular formula is C14H11As3. The van der Waals surface area contributed by atoms with Crippen LogP contribution in [-0.4, -0.2) is 41.8 Å². The van der Waals surface area contributed by atoms with Gasteiger partial charge in [-0.2, -0.15) is 0 Å². The maximum atomic E-state index is 2.33. The Hall–Kier alpha value is -0.0147. The van der Waals surface area contributed by atoms with E-state index in [0.717, 1.165) is 6.42 Å². The molecule has 0 spiro atoms. The van der Waals surface area contributed by atoms with Crippen molar-refractivity contribution in [2.45, 2.75) is 6.42 Å². The Morgan fingerprint density at radius 1 is 1.00 bits per heavy atom. The SMILES string of the molecule is C1=CC/C(=C2\[As]=[As][As]=C2c2ccccc2)C=C1. The molecule has 0 unspecified atom stereocenters. The zero-order valence-electron chi connectivity index (χ0n) is 9.24. The molecule has 0 fully saturated rings. The fraction of sp³-hybridized carbons (Fsp3) is 0.0714. The summed E-state index contributed by atoms with van der Waals surface area (Å²) < 4.78 is 3.52. The predicted molar refractivity (Wildman–Crippen MR) is 77.7 cm³/mol. The van der Waals surface area contributed by atoms with Crippen LogP contribution in [0, 0.1) is 0 Å². The Morgan fingerprint density at radius 2 is 1.88 bits per heavy atom. The summed E-state index contributed by atoms with van der Waals surface area (Å²) in [5, 5.41) is 0. The van der Waals surface area contributed by atoms with Gasteiger partial charge in [-0.3, -0.25) is 0 Å². The van der Waals surface area contributed by atoms with Crippen molar-refractivity contribution in [2.24, 2.45) is 0 Å². The number of allylic oxidation sites excluding steroid dienone is 6. The number of rotatable bonds is 1. The molecule has 0 saturated carbocycles. The van der Waals surface area contributed by atoms with E-state index in [2.05, 4.69) is 54.6 Å². The standard InChI is InChI=1S/C14H11As3/c1-3-7-11(8-4-1)13-14(16-17-15-13)12-9-5-2-6-10-12/h1-9H,10H2/b14-12-. The molecule has 0 atom stereocenters. The van der Waals surface area contributed by atoms with Gasteiger partial charge in [0.05, 0.1) is 0 Å². The second kappa shape index (κ2) is 5.75. The van der Waals surface area contributed by atoms with E-state index in [1.807, 2.05) is 0 Å². The summed E-state index contributed by atoms with van der Waals surface area (Å²) >= 11 is 1.73. The van der Waals surface area contributed by atoms with Crippen LogP contribution < -0.4 is 0 Å². The molecule has 0 nitrogen and oxygen atoms in total. The van der Waals surface area contributed by atoms with Gasteiger partial charge in [0.25, 0.3) is 0 Å². The van der Waals surface area contributed by atoms with Crippen LogP contribution in [0.1, 0.15) is 12.0 Å². The van der Waals surface area contributed by atoms with Gasteiger partial charge in [0, 0.05) is 0 Å². The van der Waals surface area contributed by atoms with Crippen LogP contribution >= 0.6 is 0 Å². The van der Waals surface area contributed by atoms with Crippen molar-refractivity contribution >= 4 is 41.8 Å². The van der Waals surface area contributed by atoms with Crippen molar-refractivity contribution < 1.29 is 0 Å². The third-order valence-corrected chi connectivity index (χ3v) is 23.3. The van der Waals surface area contributed by atoms with Gasteiger partial charge in [-0.05, 0) is 0 Å². The van der Waals surface area contributed by atoms with Gasteiger partial charge < -0.3 is 0 Å². The van der Waals surface area contributed by atoms with E-state index in [4.69, 9.17) is 0 Å². The normalized spacial score (nSPS) is 24.8. The monoisotopic (exact) mass is 404 g/mol. The van der Waals surface area contributed by atoms with Crippen molar-refractivity contribution in [2.75, 3.05) is 0 Å². The Kier molecular flexibility index (Phi) is 4.07. The molecule has 0 radical (unpaired) electrons. The molecule has 1 aliphatic carbocycles. The summed E-state index contributed by atoms with van der Waals surface area (Å²) in [7, 11) is 0. The Morgan fingerprint density at radius 3 is 2.65 bits per heavy atom. The maximum absolute atomic E-state index is 2.33. The molecule has 0 amide bonds. The average Bonchev–Trinajstić information content (AvgIpc) is 2.90. The van der Waals surface area contributed by atoms with Crippen LogP contribution in [0.3, 0.4) is 0 Å². The van der Waals surface area contributed by atoms with Gasteiger partial charge in [0.1, 0.15) is 0 Å². The quantitative estimate of drug-likeness (QED) is 0.628. The van der Waals surface area contributed by atoms with Crippen LogP contribution in [0.25, 0.3) is 0 Å². The van der Waals surface area contributed by atoms with E-state index >= 15 is 0 Å². The Bertz CT molecular complexity index is 575. The first-order chi connectivity index (χ1) is 8.45. The van der Waals surface area contributed by atoms with Gasteiger partial charge in [0.2, 0.25) is 0 Å². The molecule has 0 saturated heterocycles. The van der Waals surface area contributed by atoms with Crippen molar-refractivity contribution in [1.82, 2.24) is 0 Å². The van der Waals surface area contributed by atoms with Gasteiger partial charge in [0.15, 0.2) is 0 Å². The molecule has 1 aliphatic heterocycles. The Labute approximate surface area is 117 Å². The van der Waals surface area contributed by atoms with Crippen molar-refractivity contribution in [3.8, 4) is 0 Å². The summed E-state index contributed by atoms with van der Waals surface area (Å²) in [5.41, 5.74) is 3.11. The summed E-state index contributed by atoms with van der Waals surface area (Å²) in [4.78, 5) is 0. The van der Waals surface area contributed by atoms with Crippen LogP contribution in [0.4, 0.5) is 0 Å². The topological polar surface area (TPSA) is 0 Å². The summed E-state index contributed by atoms with van der Waals surface area (Å²) in [6.45, 7) is 0. The van der Waals surface area contributed by atoms with Crippen LogP contribution in [-0.2, 0) is 0 Å². The van der Waals surface area contributed by atoms with Gasteiger partial charge in [-0.1, -0.05) is 0 Å². The van der Waals surface area contributed by atoms with Crippen molar-refractivity contribution in [3.05, 3.63) is 70.1 Å². The molecule has 0 bridgehead atoms. The number of benzene rings is 1. The van der Waals surface area contributed by atoms with E-state index in [9.17, 15) is 0 Å². The fourth-order valence-corrected chi connectivity index (χ4v) is 29.4. The molecular weight excluding hydrogens is 393 g/mol. The molecule has 82 valence electrons. The molecule has 3 heteroatoms. The fourth-order valence-electron chi connectivity index (χ4n) is 1.90. The van der Waals surface area contributed by atoms with E-state index in [0.29, 0.717) is 37.5 Å². The second-order valence-electron chi connectivity index (χ2n) is 3.87. The minimum absolute atomic E-state index is 0.515. The van der Waals surface area contributed by atoms with Crippen molar-refractivity contribution in [1.29, 1.82) is 0 Å². The van der Waals surface area contributed by atoms with Gasteiger partial charge >= 0.3 is 118 Å². The second-order valence-corrected chi connectivity index (χ2v) is 23.4. The molecule has 0 N–H and O–H groups in total.